The van der Waals surface area contributed by atoms with Crippen molar-refractivity contribution < 1.29 is 18.0 Å². The Morgan fingerprint density at radius 1 is 1.46 bits per heavy atom. The summed E-state index contributed by atoms with van der Waals surface area (Å²) in [6.07, 6.45) is -1.81. The third-order valence-electron chi connectivity index (χ3n) is 4.09. The number of aromatic nitrogens is 1. The molecule has 0 spiro atoms. The molecule has 2 heterocycles. The van der Waals surface area contributed by atoms with Gasteiger partial charge in [0.15, 0.2) is 0 Å². The summed E-state index contributed by atoms with van der Waals surface area (Å²) in [4.78, 5) is 19.3. The molecule has 0 radical (unpaired) electrons. The number of likely N-dealkylation sites (tertiary alicyclic amines) is 1. The molecular formula is C16H23F3N4O. The van der Waals surface area contributed by atoms with Crippen LogP contribution in [-0.2, 0) is 0 Å². The highest BCUT2D eigenvalue weighted by Gasteiger charge is 2.33. The zero-order valence-corrected chi connectivity index (χ0v) is 13.9. The van der Waals surface area contributed by atoms with Gasteiger partial charge in [0.1, 0.15) is 5.82 Å². The molecule has 134 valence electrons. The summed E-state index contributed by atoms with van der Waals surface area (Å²) in [5.41, 5.74) is 0.999. The van der Waals surface area contributed by atoms with Crippen LogP contribution in [0, 0.1) is 12.8 Å². The summed E-state index contributed by atoms with van der Waals surface area (Å²) in [5, 5.41) is 2.72. The van der Waals surface area contributed by atoms with Gasteiger partial charge in [0.25, 0.3) is 0 Å². The van der Waals surface area contributed by atoms with E-state index >= 15 is 0 Å². The van der Waals surface area contributed by atoms with Gasteiger partial charge in [-0.3, -0.25) is 10.2 Å². The number of carbonyl (C=O) groups excluding carboxylic acids is 1. The Bertz CT molecular complexity index is 547. The van der Waals surface area contributed by atoms with E-state index < -0.39 is 12.7 Å². The topological polar surface area (TPSA) is 48.5 Å². The number of rotatable bonds is 5. The Kier molecular flexibility index (Phi) is 6.04. The molecule has 2 amide bonds. The molecule has 24 heavy (non-hydrogen) atoms. The van der Waals surface area contributed by atoms with Crippen molar-refractivity contribution in [3.63, 3.8) is 0 Å². The van der Waals surface area contributed by atoms with Gasteiger partial charge >= 0.3 is 12.2 Å². The standard InChI is InChI=1S/C16H23F3N4O/c1-3-22(11-16(17,18)19)9-13-6-7-23(10-13)15(24)21-14-5-4-12(2)8-20-14/h4-5,8,13H,3,6-7,9-11H2,1-2H3,(H,20,21,24). The minimum Gasteiger partial charge on any atom is -0.324 e. The predicted octanol–water partition coefficient (Wildman–Crippen LogP) is 3.13. The van der Waals surface area contributed by atoms with Gasteiger partial charge in [-0.25, -0.2) is 9.78 Å². The van der Waals surface area contributed by atoms with Gasteiger partial charge in [-0.1, -0.05) is 13.0 Å². The average molecular weight is 344 g/mol. The average Bonchev–Trinajstić information content (AvgIpc) is 2.96. The lowest BCUT2D eigenvalue weighted by Gasteiger charge is -2.25. The van der Waals surface area contributed by atoms with Crippen LogP contribution in [0.1, 0.15) is 18.9 Å². The molecule has 1 saturated heterocycles. The predicted molar refractivity (Wildman–Crippen MR) is 85.8 cm³/mol. The number of carbonyl (C=O) groups is 1. The van der Waals surface area contributed by atoms with Crippen LogP contribution in [0.15, 0.2) is 18.3 Å². The lowest BCUT2D eigenvalue weighted by Crippen LogP contribution is -2.39. The minimum absolute atomic E-state index is 0.0593. The first-order valence-electron chi connectivity index (χ1n) is 8.04. The highest BCUT2D eigenvalue weighted by Crippen LogP contribution is 2.21. The van der Waals surface area contributed by atoms with Crippen molar-refractivity contribution in [3.8, 4) is 0 Å². The zero-order valence-electron chi connectivity index (χ0n) is 13.9. The van der Waals surface area contributed by atoms with Crippen molar-refractivity contribution >= 4 is 11.8 Å². The number of nitrogens with one attached hydrogen (secondary N) is 1. The van der Waals surface area contributed by atoms with E-state index in [4.69, 9.17) is 0 Å². The largest absolute Gasteiger partial charge is 0.401 e. The third kappa shape index (κ3) is 5.67. The first-order chi connectivity index (χ1) is 11.3. The molecule has 0 aromatic carbocycles. The molecule has 1 aliphatic rings. The van der Waals surface area contributed by atoms with Gasteiger partial charge in [0, 0.05) is 25.8 Å². The Morgan fingerprint density at radius 2 is 2.21 bits per heavy atom. The minimum atomic E-state index is -4.19. The number of hydrogen-bond acceptors (Lipinski definition) is 3. The number of hydrogen-bond donors (Lipinski definition) is 1. The molecule has 8 heteroatoms. The van der Waals surface area contributed by atoms with E-state index in [2.05, 4.69) is 10.3 Å². The van der Waals surface area contributed by atoms with E-state index in [0.29, 0.717) is 38.4 Å². The van der Waals surface area contributed by atoms with E-state index in [1.807, 2.05) is 13.0 Å². The van der Waals surface area contributed by atoms with Crippen molar-refractivity contribution in [1.29, 1.82) is 0 Å². The zero-order chi connectivity index (χ0) is 17.7. The number of anilines is 1. The summed E-state index contributed by atoms with van der Waals surface area (Å²) >= 11 is 0. The summed E-state index contributed by atoms with van der Waals surface area (Å²) in [6, 6.07) is 3.32. The van der Waals surface area contributed by atoms with Crippen molar-refractivity contribution in [2.45, 2.75) is 26.4 Å². The number of alkyl halides is 3. The van der Waals surface area contributed by atoms with Crippen LogP contribution >= 0.6 is 0 Å². The van der Waals surface area contributed by atoms with Gasteiger partial charge in [0.05, 0.1) is 6.54 Å². The SMILES string of the molecule is CCN(CC1CCN(C(=O)Nc2ccc(C)cn2)C1)CC(F)(F)F. The maximum Gasteiger partial charge on any atom is 0.401 e. The molecule has 0 saturated carbocycles. The van der Waals surface area contributed by atoms with Gasteiger partial charge in [-0.15, -0.1) is 0 Å². The number of pyridine rings is 1. The molecule has 2 rings (SSSR count). The van der Waals surface area contributed by atoms with Gasteiger partial charge in [-0.05, 0) is 37.4 Å². The first-order valence-corrected chi connectivity index (χ1v) is 8.04. The van der Waals surface area contributed by atoms with Crippen LogP contribution < -0.4 is 5.32 Å². The van der Waals surface area contributed by atoms with Crippen molar-refractivity contribution in [2.24, 2.45) is 5.92 Å². The summed E-state index contributed by atoms with van der Waals surface area (Å²) < 4.78 is 37.6. The first kappa shape index (κ1) is 18.5. The fourth-order valence-corrected chi connectivity index (χ4v) is 2.82. The second-order valence-corrected chi connectivity index (χ2v) is 6.19. The van der Waals surface area contributed by atoms with Gasteiger partial charge < -0.3 is 4.90 Å². The fourth-order valence-electron chi connectivity index (χ4n) is 2.82. The second-order valence-electron chi connectivity index (χ2n) is 6.19. The van der Waals surface area contributed by atoms with Crippen LogP contribution in [0.4, 0.5) is 23.8 Å². The smallest absolute Gasteiger partial charge is 0.324 e. The normalized spacial score (nSPS) is 18.2. The highest BCUT2D eigenvalue weighted by atomic mass is 19.4. The number of urea groups is 1. The molecule has 1 aliphatic heterocycles. The number of nitrogens with zero attached hydrogens (tertiary/aromatic N) is 3. The van der Waals surface area contributed by atoms with Crippen molar-refractivity contribution in [3.05, 3.63) is 23.9 Å². The quantitative estimate of drug-likeness (QED) is 0.893. The van der Waals surface area contributed by atoms with E-state index in [-0.39, 0.29) is 11.9 Å². The van der Waals surface area contributed by atoms with Crippen LogP contribution in [0.3, 0.4) is 0 Å². The molecule has 5 nitrogen and oxygen atoms in total. The number of aryl methyl sites for hydroxylation is 1. The molecule has 0 aliphatic carbocycles. The monoisotopic (exact) mass is 344 g/mol. The van der Waals surface area contributed by atoms with E-state index in [9.17, 15) is 18.0 Å². The molecule has 1 aromatic rings. The van der Waals surface area contributed by atoms with Gasteiger partial charge in [-0.2, -0.15) is 13.2 Å². The van der Waals surface area contributed by atoms with Crippen LogP contribution in [0.25, 0.3) is 0 Å². The Morgan fingerprint density at radius 3 is 2.79 bits per heavy atom. The van der Waals surface area contributed by atoms with Crippen LogP contribution in [-0.4, -0.2) is 59.7 Å². The van der Waals surface area contributed by atoms with E-state index in [1.165, 1.54) is 4.90 Å². The van der Waals surface area contributed by atoms with E-state index in [1.54, 1.807) is 24.1 Å². The molecule has 1 atom stereocenters. The van der Waals surface area contributed by atoms with Crippen LogP contribution in [0.2, 0.25) is 0 Å². The lowest BCUT2D eigenvalue weighted by molar-refractivity contribution is -0.146. The Hall–Kier alpha value is -1.83. The highest BCUT2D eigenvalue weighted by molar-refractivity contribution is 5.88. The molecular weight excluding hydrogens is 321 g/mol. The van der Waals surface area contributed by atoms with Crippen molar-refractivity contribution in [1.82, 2.24) is 14.8 Å². The number of halogens is 3. The fraction of sp³-hybridized carbons (Fsp3) is 0.625. The lowest BCUT2D eigenvalue weighted by atomic mass is 10.1. The maximum absolute atomic E-state index is 12.5. The molecule has 1 N–H and O–H groups in total. The summed E-state index contributed by atoms with van der Waals surface area (Å²) in [6.45, 7) is 4.42. The van der Waals surface area contributed by atoms with E-state index in [0.717, 1.165) is 5.56 Å². The van der Waals surface area contributed by atoms with Crippen molar-refractivity contribution in [2.75, 3.05) is 38.0 Å². The summed E-state index contributed by atoms with van der Waals surface area (Å²) in [5.74, 6) is 0.533. The maximum atomic E-state index is 12.5. The molecule has 0 bridgehead atoms. The molecule has 1 fully saturated rings. The molecule has 1 aromatic heterocycles. The van der Waals surface area contributed by atoms with Gasteiger partial charge in [0.2, 0.25) is 0 Å². The third-order valence-corrected chi connectivity index (χ3v) is 4.09. The number of amides is 2. The Labute approximate surface area is 139 Å². The summed E-state index contributed by atoms with van der Waals surface area (Å²) in [7, 11) is 0. The van der Waals surface area contributed by atoms with Crippen LogP contribution in [0.5, 0.6) is 0 Å². The second kappa shape index (κ2) is 7.83. The Balaban J connectivity index is 1.83. The molecule has 1 unspecified atom stereocenters.